The molecule has 0 saturated carbocycles. The number of halogens is 1. The van der Waals surface area contributed by atoms with Crippen LogP contribution in [0.15, 0.2) is 30.3 Å². The van der Waals surface area contributed by atoms with Gasteiger partial charge in [-0.3, -0.25) is 0 Å². The van der Waals surface area contributed by atoms with E-state index in [2.05, 4.69) is 31.2 Å². The number of hydrogen-bond donors (Lipinski definition) is 0. The molecule has 1 unspecified atom stereocenters. The maximum Gasteiger partial charge on any atom is 0.0749 e. The van der Waals surface area contributed by atoms with Crippen LogP contribution >= 0.6 is 11.6 Å². The Morgan fingerprint density at radius 3 is 2.40 bits per heavy atom. The normalized spacial score (nSPS) is 14.2. The fraction of sp³-hybridized carbons (Fsp3) is 0.250. The van der Waals surface area contributed by atoms with E-state index in [0.717, 1.165) is 0 Å². The molecule has 2 heteroatoms. The lowest BCUT2D eigenvalue weighted by molar-refractivity contribution is 1.37. The first kappa shape index (κ1) is 7.83. The molecule has 0 saturated heterocycles. The van der Waals surface area contributed by atoms with Crippen LogP contribution in [0.25, 0.3) is 0 Å². The predicted octanol–water partition coefficient (Wildman–Crippen LogP) is 1.07. The molecule has 0 aliphatic rings. The summed E-state index contributed by atoms with van der Waals surface area (Å²) in [5.74, 6) is 0. The van der Waals surface area contributed by atoms with Crippen molar-refractivity contribution in [2.24, 2.45) is 0 Å². The van der Waals surface area contributed by atoms with Crippen molar-refractivity contribution >= 4 is 26.3 Å². The maximum atomic E-state index is 5.87. The van der Waals surface area contributed by atoms with Crippen LogP contribution in [0.1, 0.15) is 6.92 Å². The van der Waals surface area contributed by atoms with Crippen molar-refractivity contribution in [1.29, 1.82) is 0 Å². The third-order valence-electron chi connectivity index (χ3n) is 1.36. The van der Waals surface area contributed by atoms with E-state index in [4.69, 9.17) is 11.6 Å². The quantitative estimate of drug-likeness (QED) is 0.460. The first-order valence-corrected chi connectivity index (χ1v) is 5.43. The number of rotatable bonds is 2. The summed E-state index contributed by atoms with van der Waals surface area (Å²) in [6.45, 7) is 2.07. The summed E-state index contributed by atoms with van der Waals surface area (Å²) < 4.78 is 0. The lowest BCUT2D eigenvalue weighted by atomic mass is 10.4. The fourth-order valence-electron chi connectivity index (χ4n) is 0.939. The van der Waals surface area contributed by atoms with Crippen LogP contribution in [0.2, 0.25) is 0 Å². The van der Waals surface area contributed by atoms with Crippen LogP contribution in [0.4, 0.5) is 0 Å². The molecule has 1 rings (SSSR count). The molecular formula is C8H11ClSi. The first-order valence-electron chi connectivity index (χ1n) is 3.47. The molecule has 10 heavy (non-hydrogen) atoms. The zero-order valence-corrected chi connectivity index (χ0v) is 8.22. The predicted molar refractivity (Wildman–Crippen MR) is 49.9 cm³/mol. The molecule has 0 aromatic heterocycles. The van der Waals surface area contributed by atoms with Crippen molar-refractivity contribution in [3.63, 3.8) is 0 Å². The summed E-state index contributed by atoms with van der Waals surface area (Å²) in [6.07, 6.45) is 0. The highest BCUT2D eigenvalue weighted by Crippen LogP contribution is 1.90. The lowest BCUT2D eigenvalue weighted by Gasteiger charge is -1.99. The van der Waals surface area contributed by atoms with Crippen LogP contribution in [0, 0.1) is 0 Å². The number of alkyl halides is 1. The molecule has 1 aromatic rings. The zero-order chi connectivity index (χ0) is 7.40. The molecule has 54 valence electrons. The third-order valence-corrected chi connectivity index (χ3v) is 3.33. The Morgan fingerprint density at radius 1 is 1.30 bits per heavy atom. The van der Waals surface area contributed by atoms with E-state index in [0.29, 0.717) is 5.00 Å². The van der Waals surface area contributed by atoms with E-state index in [9.17, 15) is 0 Å². The van der Waals surface area contributed by atoms with Gasteiger partial charge in [0.25, 0.3) is 0 Å². The van der Waals surface area contributed by atoms with E-state index < -0.39 is 0 Å². The molecule has 0 amide bonds. The van der Waals surface area contributed by atoms with Gasteiger partial charge in [-0.15, -0.1) is 11.6 Å². The summed E-state index contributed by atoms with van der Waals surface area (Å²) >= 11 is 5.87. The first-order chi connectivity index (χ1) is 4.79. The summed E-state index contributed by atoms with van der Waals surface area (Å²) in [5.41, 5.74) is 0. The van der Waals surface area contributed by atoms with Crippen molar-refractivity contribution in [3.05, 3.63) is 30.3 Å². The topological polar surface area (TPSA) is 0 Å². The van der Waals surface area contributed by atoms with Gasteiger partial charge in [-0.1, -0.05) is 42.4 Å². The second-order valence-electron chi connectivity index (χ2n) is 2.47. The average Bonchev–Trinajstić information content (AvgIpc) is 1.88. The van der Waals surface area contributed by atoms with E-state index in [-0.39, 0.29) is 9.52 Å². The summed E-state index contributed by atoms with van der Waals surface area (Å²) in [4.78, 5) is 0. The third kappa shape index (κ3) is 2.54. The van der Waals surface area contributed by atoms with E-state index >= 15 is 0 Å². The molecule has 0 nitrogen and oxygen atoms in total. The van der Waals surface area contributed by atoms with Gasteiger partial charge in [0.15, 0.2) is 0 Å². The smallest absolute Gasteiger partial charge is 0.0749 e. The average molecular weight is 171 g/mol. The highest BCUT2D eigenvalue weighted by molar-refractivity contribution is 6.64. The summed E-state index contributed by atoms with van der Waals surface area (Å²) in [5, 5.41) is 1.83. The van der Waals surface area contributed by atoms with Crippen molar-refractivity contribution in [1.82, 2.24) is 0 Å². The van der Waals surface area contributed by atoms with Gasteiger partial charge in [-0.25, -0.2) is 0 Å². The minimum Gasteiger partial charge on any atom is -0.127 e. The van der Waals surface area contributed by atoms with Crippen molar-refractivity contribution in [3.8, 4) is 0 Å². The van der Waals surface area contributed by atoms with Gasteiger partial charge in [-0.2, -0.15) is 0 Å². The largest absolute Gasteiger partial charge is 0.127 e. The standard InChI is InChI=1S/C8H11ClSi/c1-7(9)10-8-5-3-2-4-6-8/h2-7H,10H2,1H3. The van der Waals surface area contributed by atoms with Crippen LogP contribution in [-0.4, -0.2) is 14.5 Å². The van der Waals surface area contributed by atoms with Crippen LogP contribution in [-0.2, 0) is 0 Å². The Hall–Kier alpha value is -0.273. The molecule has 0 aliphatic carbocycles. The highest BCUT2D eigenvalue weighted by Gasteiger charge is 1.97. The van der Waals surface area contributed by atoms with Crippen molar-refractivity contribution in [2.45, 2.75) is 11.9 Å². The molecular weight excluding hydrogens is 160 g/mol. The van der Waals surface area contributed by atoms with E-state index in [1.54, 1.807) is 0 Å². The SMILES string of the molecule is CC(Cl)[SiH2]c1ccccc1. The molecule has 0 fully saturated rings. The number of hydrogen-bond acceptors (Lipinski definition) is 0. The Bertz CT molecular complexity index is 184. The Balaban J connectivity index is 2.59. The van der Waals surface area contributed by atoms with Crippen LogP contribution in [0.3, 0.4) is 0 Å². The van der Waals surface area contributed by atoms with Gasteiger partial charge >= 0.3 is 0 Å². The summed E-state index contributed by atoms with van der Waals surface area (Å²) in [7, 11) is -0.211. The molecule has 0 aliphatic heterocycles. The van der Waals surface area contributed by atoms with Crippen molar-refractivity contribution < 1.29 is 0 Å². The van der Waals surface area contributed by atoms with Gasteiger partial charge in [0.1, 0.15) is 0 Å². The molecule has 0 bridgehead atoms. The molecule has 1 atom stereocenters. The highest BCUT2D eigenvalue weighted by atomic mass is 35.5. The molecule has 0 radical (unpaired) electrons. The van der Waals surface area contributed by atoms with Gasteiger partial charge in [-0.05, 0) is 0 Å². The maximum absolute atomic E-state index is 5.87. The molecule has 0 spiro atoms. The van der Waals surface area contributed by atoms with E-state index in [1.807, 2.05) is 6.07 Å². The Morgan fingerprint density at radius 2 is 1.90 bits per heavy atom. The van der Waals surface area contributed by atoms with Gasteiger partial charge < -0.3 is 0 Å². The summed E-state index contributed by atoms with van der Waals surface area (Å²) in [6, 6.07) is 10.5. The van der Waals surface area contributed by atoms with Gasteiger partial charge in [0.2, 0.25) is 0 Å². The van der Waals surface area contributed by atoms with Crippen LogP contribution < -0.4 is 5.19 Å². The molecule has 1 aromatic carbocycles. The minimum atomic E-state index is -0.211. The number of benzene rings is 1. The van der Waals surface area contributed by atoms with E-state index in [1.165, 1.54) is 5.19 Å². The Kier molecular flexibility index (Phi) is 2.97. The second-order valence-corrected chi connectivity index (χ2v) is 6.18. The van der Waals surface area contributed by atoms with Gasteiger partial charge in [0, 0.05) is 5.00 Å². The van der Waals surface area contributed by atoms with Crippen LogP contribution in [0.5, 0.6) is 0 Å². The molecule has 0 N–H and O–H groups in total. The zero-order valence-electron chi connectivity index (χ0n) is 6.05. The monoisotopic (exact) mass is 170 g/mol. The van der Waals surface area contributed by atoms with Gasteiger partial charge in [0.05, 0.1) is 9.52 Å². The fourth-order valence-corrected chi connectivity index (χ4v) is 2.67. The van der Waals surface area contributed by atoms with Crippen molar-refractivity contribution in [2.75, 3.05) is 0 Å². The Labute approximate surface area is 69.0 Å². The minimum absolute atomic E-state index is 0.211. The second kappa shape index (κ2) is 3.79. The lowest BCUT2D eigenvalue weighted by Crippen LogP contribution is -2.20. The molecule has 0 heterocycles.